The first-order valence-corrected chi connectivity index (χ1v) is 5.97. The molecule has 0 N–H and O–H groups in total. The first-order chi connectivity index (χ1) is 7.49. The van der Waals surface area contributed by atoms with Gasteiger partial charge in [0.05, 0.1) is 0 Å². The topological polar surface area (TPSA) is 21.8 Å². The third kappa shape index (κ3) is 1.36. The molecule has 2 heteroatoms. The Bertz CT molecular complexity index is 434. The highest BCUT2D eigenvalue weighted by Gasteiger charge is 2.56. The molecule has 0 aliphatic carbocycles. The van der Waals surface area contributed by atoms with Gasteiger partial charge in [0.1, 0.15) is 23.6 Å². The van der Waals surface area contributed by atoms with E-state index in [-0.39, 0.29) is 17.8 Å². The third-order valence-corrected chi connectivity index (χ3v) is 3.56. The van der Waals surface area contributed by atoms with Gasteiger partial charge in [-0.2, -0.15) is 0 Å². The second-order valence-corrected chi connectivity index (χ2v) is 5.63. The fourth-order valence-electron chi connectivity index (χ4n) is 2.46. The van der Waals surface area contributed by atoms with Gasteiger partial charge < -0.3 is 9.47 Å². The summed E-state index contributed by atoms with van der Waals surface area (Å²) in [6.07, 6.45) is 0.500. The van der Waals surface area contributed by atoms with E-state index in [4.69, 9.17) is 9.47 Å². The zero-order valence-electron chi connectivity index (χ0n) is 10.3. The number of hydrogen-bond donors (Lipinski definition) is 0. The predicted molar refractivity (Wildman–Crippen MR) is 62.9 cm³/mol. The first kappa shape index (κ1) is 10.2. The van der Waals surface area contributed by atoms with Crippen LogP contribution in [-0.4, -0.2) is 11.7 Å². The van der Waals surface area contributed by atoms with Gasteiger partial charge in [0.25, 0.3) is 0 Å². The lowest BCUT2D eigenvalue weighted by Gasteiger charge is -2.29. The van der Waals surface area contributed by atoms with Crippen LogP contribution >= 0.6 is 0 Å². The summed E-state index contributed by atoms with van der Waals surface area (Å²) in [5.74, 6) is 1.55. The molecule has 2 atom stereocenters. The molecule has 16 heavy (non-hydrogen) atoms. The van der Waals surface area contributed by atoms with Crippen molar-refractivity contribution in [3.8, 4) is 5.75 Å². The van der Waals surface area contributed by atoms with Crippen molar-refractivity contribution in [3.63, 3.8) is 0 Å². The quantitative estimate of drug-likeness (QED) is 0.674. The predicted octanol–water partition coefficient (Wildman–Crippen LogP) is 3.42. The van der Waals surface area contributed by atoms with E-state index in [2.05, 4.69) is 45.9 Å². The van der Waals surface area contributed by atoms with E-state index in [9.17, 15) is 0 Å². The highest BCUT2D eigenvalue weighted by atomic mass is 16.6. The van der Waals surface area contributed by atoms with Crippen LogP contribution in [0.5, 0.6) is 5.75 Å². The molecule has 2 heterocycles. The Morgan fingerprint density at radius 2 is 2.00 bits per heavy atom. The van der Waals surface area contributed by atoms with Crippen LogP contribution in [0.4, 0.5) is 0 Å². The molecule has 0 spiro atoms. The fraction of sp³-hybridized carbons (Fsp3) is 0.571. The minimum absolute atomic E-state index is 0.184. The van der Waals surface area contributed by atoms with Crippen LogP contribution in [0.2, 0.25) is 0 Å². The summed E-state index contributed by atoms with van der Waals surface area (Å²) < 4.78 is 11.7. The summed E-state index contributed by atoms with van der Waals surface area (Å²) in [7, 11) is 0. The molecule has 2 nitrogen and oxygen atoms in total. The number of benzene rings is 1. The van der Waals surface area contributed by atoms with E-state index >= 15 is 0 Å². The Kier molecular flexibility index (Phi) is 1.91. The molecular weight excluding hydrogens is 200 g/mol. The maximum Gasteiger partial charge on any atom is 0.132 e. The van der Waals surface area contributed by atoms with Crippen molar-refractivity contribution < 1.29 is 9.47 Å². The highest BCUT2D eigenvalue weighted by Crippen LogP contribution is 2.53. The van der Waals surface area contributed by atoms with Gasteiger partial charge in [-0.3, -0.25) is 0 Å². The van der Waals surface area contributed by atoms with Gasteiger partial charge in [0.2, 0.25) is 0 Å². The molecule has 0 saturated carbocycles. The second kappa shape index (κ2) is 3.01. The molecule has 0 radical (unpaired) electrons. The Labute approximate surface area is 96.6 Å². The van der Waals surface area contributed by atoms with Crippen LogP contribution in [0.1, 0.15) is 50.8 Å². The first-order valence-electron chi connectivity index (χ1n) is 5.97. The van der Waals surface area contributed by atoms with E-state index in [0.717, 1.165) is 5.75 Å². The lowest BCUT2D eigenvalue weighted by Crippen LogP contribution is -2.37. The molecule has 0 aromatic heterocycles. The van der Waals surface area contributed by atoms with E-state index < -0.39 is 0 Å². The zero-order valence-corrected chi connectivity index (χ0v) is 10.3. The third-order valence-electron chi connectivity index (χ3n) is 3.56. The Balaban J connectivity index is 2.03. The average Bonchev–Trinajstić information content (AvgIpc) is 2.97. The van der Waals surface area contributed by atoms with Crippen molar-refractivity contribution in [2.75, 3.05) is 0 Å². The van der Waals surface area contributed by atoms with Gasteiger partial charge in [-0.05, 0) is 37.5 Å². The fourth-order valence-corrected chi connectivity index (χ4v) is 2.46. The number of fused-ring (bicyclic) bond motifs is 3. The van der Waals surface area contributed by atoms with Gasteiger partial charge in [-0.1, -0.05) is 19.9 Å². The molecular formula is C14H18O2. The molecule has 2 aliphatic rings. The lowest BCUT2D eigenvalue weighted by atomic mass is 9.91. The SMILES string of the molecule is CC(C)c1ccc2c(c1)C1OC1C(C)(C)O2. The Morgan fingerprint density at radius 1 is 1.25 bits per heavy atom. The van der Waals surface area contributed by atoms with E-state index in [1.165, 1.54) is 11.1 Å². The summed E-state index contributed by atoms with van der Waals surface area (Å²) in [6.45, 7) is 8.61. The molecule has 2 aliphatic heterocycles. The van der Waals surface area contributed by atoms with Gasteiger partial charge in [-0.15, -0.1) is 0 Å². The lowest BCUT2D eigenvalue weighted by molar-refractivity contribution is 0.0725. The molecule has 3 rings (SSSR count). The van der Waals surface area contributed by atoms with Crippen molar-refractivity contribution in [2.24, 2.45) is 0 Å². The molecule has 1 aromatic rings. The van der Waals surface area contributed by atoms with Gasteiger partial charge >= 0.3 is 0 Å². The van der Waals surface area contributed by atoms with E-state index in [1.54, 1.807) is 0 Å². The summed E-state index contributed by atoms with van der Waals surface area (Å²) in [4.78, 5) is 0. The maximum atomic E-state index is 5.98. The summed E-state index contributed by atoms with van der Waals surface area (Å²) in [5, 5.41) is 0. The van der Waals surface area contributed by atoms with Crippen molar-refractivity contribution in [2.45, 2.75) is 51.4 Å². The van der Waals surface area contributed by atoms with Gasteiger partial charge in [0.15, 0.2) is 0 Å². The van der Waals surface area contributed by atoms with Gasteiger partial charge in [0, 0.05) is 5.56 Å². The van der Waals surface area contributed by atoms with E-state index in [0.29, 0.717) is 5.92 Å². The molecule has 1 aromatic carbocycles. The van der Waals surface area contributed by atoms with Crippen LogP contribution in [0.3, 0.4) is 0 Å². The minimum Gasteiger partial charge on any atom is -0.485 e. The number of hydrogen-bond acceptors (Lipinski definition) is 2. The monoisotopic (exact) mass is 218 g/mol. The van der Waals surface area contributed by atoms with Crippen molar-refractivity contribution in [3.05, 3.63) is 29.3 Å². The summed E-state index contributed by atoms with van der Waals surface area (Å²) in [5.41, 5.74) is 2.41. The highest BCUT2D eigenvalue weighted by molar-refractivity contribution is 5.45. The van der Waals surface area contributed by atoms with Crippen LogP contribution in [0.25, 0.3) is 0 Å². The second-order valence-electron chi connectivity index (χ2n) is 5.63. The number of ether oxygens (including phenoxy) is 2. The van der Waals surface area contributed by atoms with Crippen LogP contribution in [-0.2, 0) is 4.74 Å². The molecule has 2 unspecified atom stereocenters. The van der Waals surface area contributed by atoms with Crippen LogP contribution < -0.4 is 4.74 Å². The number of epoxide rings is 1. The normalized spacial score (nSPS) is 29.3. The van der Waals surface area contributed by atoms with Crippen LogP contribution in [0, 0.1) is 0 Å². The largest absolute Gasteiger partial charge is 0.485 e. The van der Waals surface area contributed by atoms with Crippen molar-refractivity contribution >= 4 is 0 Å². The molecule has 86 valence electrons. The van der Waals surface area contributed by atoms with Gasteiger partial charge in [-0.25, -0.2) is 0 Å². The van der Waals surface area contributed by atoms with Crippen molar-refractivity contribution in [1.29, 1.82) is 0 Å². The molecule has 0 amide bonds. The zero-order chi connectivity index (χ0) is 11.5. The Hall–Kier alpha value is -1.02. The minimum atomic E-state index is -0.184. The molecule has 0 bridgehead atoms. The number of rotatable bonds is 1. The standard InChI is InChI=1S/C14H18O2/c1-8(2)9-5-6-11-10(7-9)12-13(15-12)14(3,4)16-11/h5-8,12-13H,1-4H3. The smallest absolute Gasteiger partial charge is 0.132 e. The van der Waals surface area contributed by atoms with E-state index in [1.807, 2.05) is 0 Å². The maximum absolute atomic E-state index is 5.98. The van der Waals surface area contributed by atoms with Crippen molar-refractivity contribution in [1.82, 2.24) is 0 Å². The average molecular weight is 218 g/mol. The Morgan fingerprint density at radius 3 is 2.69 bits per heavy atom. The molecule has 1 saturated heterocycles. The molecule has 1 fully saturated rings. The summed E-state index contributed by atoms with van der Waals surface area (Å²) in [6, 6.07) is 6.48. The van der Waals surface area contributed by atoms with Crippen LogP contribution in [0.15, 0.2) is 18.2 Å². The summed E-state index contributed by atoms with van der Waals surface area (Å²) >= 11 is 0.